The second-order valence-electron chi connectivity index (χ2n) is 6.02. The summed E-state index contributed by atoms with van der Waals surface area (Å²) < 4.78 is 7.09. The van der Waals surface area contributed by atoms with Crippen molar-refractivity contribution in [3.05, 3.63) is 48.2 Å². The van der Waals surface area contributed by atoms with E-state index in [2.05, 4.69) is 27.4 Å². The minimum Gasteiger partial charge on any atom is -0.495 e. The number of pyridine rings is 1. The number of nitrogens with one attached hydrogen (secondary N) is 1. The highest BCUT2D eigenvalue weighted by Crippen LogP contribution is 2.24. The van der Waals surface area contributed by atoms with Gasteiger partial charge in [0, 0.05) is 12.2 Å². The molecule has 3 rings (SSSR count). The second kappa shape index (κ2) is 9.36. The van der Waals surface area contributed by atoms with Crippen molar-refractivity contribution in [3.8, 4) is 17.3 Å². The Morgan fingerprint density at radius 1 is 1.14 bits per heavy atom. The van der Waals surface area contributed by atoms with Gasteiger partial charge in [-0.05, 0) is 43.2 Å². The Bertz CT molecular complexity index is 923. The Labute approximate surface area is 168 Å². The molecule has 1 aromatic carbocycles. The molecule has 0 aliphatic heterocycles. The van der Waals surface area contributed by atoms with Crippen molar-refractivity contribution in [2.24, 2.45) is 0 Å². The lowest BCUT2D eigenvalue weighted by Crippen LogP contribution is -2.14. The Hall–Kier alpha value is -2.87. The standard InChI is InChI=1S/C20H23N5O2S/c1-4-14-6-8-15(9-7-14)22-18(26)13-28-20-24-23-19(25(20)5-2)17-11-10-16(27-3)12-21-17/h6-12H,4-5,13H2,1-3H3,(H,22,26). The zero-order valence-electron chi connectivity index (χ0n) is 16.2. The monoisotopic (exact) mass is 397 g/mol. The van der Waals surface area contributed by atoms with E-state index in [9.17, 15) is 4.79 Å². The molecule has 0 aliphatic rings. The normalized spacial score (nSPS) is 10.7. The van der Waals surface area contributed by atoms with Crippen LogP contribution in [0.25, 0.3) is 11.5 Å². The highest BCUT2D eigenvalue weighted by atomic mass is 32.2. The van der Waals surface area contributed by atoms with E-state index in [0.717, 1.165) is 12.1 Å². The summed E-state index contributed by atoms with van der Waals surface area (Å²) in [5.74, 6) is 1.53. The number of thioether (sulfide) groups is 1. The van der Waals surface area contributed by atoms with Crippen LogP contribution in [0.3, 0.4) is 0 Å². The molecule has 3 aromatic rings. The van der Waals surface area contributed by atoms with E-state index >= 15 is 0 Å². The zero-order chi connectivity index (χ0) is 19.9. The average molecular weight is 398 g/mol. The summed E-state index contributed by atoms with van der Waals surface area (Å²) in [5, 5.41) is 12.1. The molecule has 2 aromatic heterocycles. The van der Waals surface area contributed by atoms with Gasteiger partial charge in [-0.15, -0.1) is 10.2 Å². The van der Waals surface area contributed by atoms with Gasteiger partial charge < -0.3 is 14.6 Å². The predicted octanol–water partition coefficient (Wildman–Crippen LogP) is 3.66. The maximum Gasteiger partial charge on any atom is 0.234 e. The highest BCUT2D eigenvalue weighted by Gasteiger charge is 2.15. The molecule has 28 heavy (non-hydrogen) atoms. The van der Waals surface area contributed by atoms with Crippen molar-refractivity contribution in [1.82, 2.24) is 19.7 Å². The second-order valence-corrected chi connectivity index (χ2v) is 6.96. The summed E-state index contributed by atoms with van der Waals surface area (Å²) in [7, 11) is 1.60. The fourth-order valence-electron chi connectivity index (χ4n) is 2.65. The Morgan fingerprint density at radius 3 is 2.54 bits per heavy atom. The molecule has 0 fully saturated rings. The molecule has 7 nitrogen and oxygen atoms in total. The molecule has 0 unspecified atom stereocenters. The van der Waals surface area contributed by atoms with Crippen LogP contribution in [0.4, 0.5) is 5.69 Å². The van der Waals surface area contributed by atoms with Crippen LogP contribution in [-0.4, -0.2) is 38.5 Å². The third-order valence-electron chi connectivity index (χ3n) is 4.21. The number of amides is 1. The molecule has 0 radical (unpaired) electrons. The average Bonchev–Trinajstić information content (AvgIpc) is 3.15. The molecule has 2 heterocycles. The first-order valence-corrected chi connectivity index (χ1v) is 10.1. The summed E-state index contributed by atoms with van der Waals surface area (Å²) in [6.45, 7) is 4.79. The van der Waals surface area contributed by atoms with Crippen LogP contribution in [-0.2, 0) is 17.8 Å². The van der Waals surface area contributed by atoms with Crippen LogP contribution in [0.2, 0.25) is 0 Å². The molecular formula is C20H23N5O2S. The van der Waals surface area contributed by atoms with Crippen LogP contribution in [0, 0.1) is 0 Å². The minimum atomic E-state index is -0.0796. The highest BCUT2D eigenvalue weighted by molar-refractivity contribution is 7.99. The number of aromatic nitrogens is 4. The van der Waals surface area contributed by atoms with E-state index in [1.165, 1.54) is 17.3 Å². The molecule has 0 saturated heterocycles. The van der Waals surface area contributed by atoms with Gasteiger partial charge in [0.25, 0.3) is 0 Å². The third-order valence-corrected chi connectivity index (χ3v) is 5.18. The van der Waals surface area contributed by atoms with Crippen molar-refractivity contribution < 1.29 is 9.53 Å². The van der Waals surface area contributed by atoms with Crippen LogP contribution in [0.15, 0.2) is 47.8 Å². The summed E-state index contributed by atoms with van der Waals surface area (Å²) >= 11 is 1.35. The van der Waals surface area contributed by atoms with Gasteiger partial charge in [-0.25, -0.2) is 4.98 Å². The first kappa shape index (κ1) is 19.9. The molecular weight excluding hydrogens is 374 g/mol. The smallest absolute Gasteiger partial charge is 0.234 e. The first-order chi connectivity index (χ1) is 13.6. The van der Waals surface area contributed by atoms with Gasteiger partial charge in [0.15, 0.2) is 11.0 Å². The van der Waals surface area contributed by atoms with E-state index in [4.69, 9.17) is 4.74 Å². The van der Waals surface area contributed by atoms with Gasteiger partial charge in [0.2, 0.25) is 5.91 Å². The molecule has 0 saturated carbocycles. The number of rotatable bonds is 8. The SMILES string of the molecule is CCc1ccc(NC(=O)CSc2nnc(-c3ccc(OC)cn3)n2CC)cc1. The van der Waals surface area contributed by atoms with E-state index in [1.807, 2.05) is 47.9 Å². The molecule has 0 atom stereocenters. The summed E-state index contributed by atoms with van der Waals surface area (Å²) in [6.07, 6.45) is 2.62. The first-order valence-electron chi connectivity index (χ1n) is 9.09. The maximum absolute atomic E-state index is 12.3. The van der Waals surface area contributed by atoms with E-state index < -0.39 is 0 Å². The van der Waals surface area contributed by atoms with Crippen LogP contribution in [0.1, 0.15) is 19.4 Å². The Balaban J connectivity index is 1.65. The van der Waals surface area contributed by atoms with Crippen molar-refractivity contribution in [2.45, 2.75) is 32.0 Å². The number of carbonyl (C=O) groups is 1. The lowest BCUT2D eigenvalue weighted by atomic mass is 10.1. The fourth-order valence-corrected chi connectivity index (χ4v) is 3.46. The summed E-state index contributed by atoms with van der Waals surface area (Å²) in [5.41, 5.74) is 2.74. The van der Waals surface area contributed by atoms with Gasteiger partial charge in [0.05, 0.1) is 19.1 Å². The fraction of sp³-hybridized carbons (Fsp3) is 0.300. The topological polar surface area (TPSA) is 81.9 Å². The molecule has 8 heteroatoms. The van der Waals surface area contributed by atoms with Crippen LogP contribution in [0.5, 0.6) is 5.75 Å². The summed E-state index contributed by atoms with van der Waals surface area (Å²) in [4.78, 5) is 16.6. The number of benzene rings is 1. The number of anilines is 1. The van der Waals surface area contributed by atoms with Gasteiger partial charge in [-0.1, -0.05) is 30.8 Å². The molecule has 1 N–H and O–H groups in total. The lowest BCUT2D eigenvalue weighted by Gasteiger charge is -2.08. The van der Waals surface area contributed by atoms with Crippen LogP contribution >= 0.6 is 11.8 Å². The zero-order valence-corrected chi connectivity index (χ0v) is 17.0. The largest absolute Gasteiger partial charge is 0.495 e. The number of methoxy groups -OCH3 is 1. The molecule has 0 bridgehead atoms. The number of hydrogen-bond donors (Lipinski definition) is 1. The number of aryl methyl sites for hydroxylation is 1. The molecule has 0 aliphatic carbocycles. The quantitative estimate of drug-likeness (QED) is 0.584. The van der Waals surface area contributed by atoms with E-state index in [-0.39, 0.29) is 11.7 Å². The number of hydrogen-bond acceptors (Lipinski definition) is 6. The lowest BCUT2D eigenvalue weighted by molar-refractivity contribution is -0.113. The molecule has 146 valence electrons. The van der Waals surface area contributed by atoms with E-state index in [1.54, 1.807) is 13.3 Å². The maximum atomic E-state index is 12.3. The van der Waals surface area contributed by atoms with Crippen LogP contribution < -0.4 is 10.1 Å². The van der Waals surface area contributed by atoms with Crippen molar-refractivity contribution in [1.29, 1.82) is 0 Å². The minimum absolute atomic E-state index is 0.0796. The third kappa shape index (κ3) is 4.69. The number of ether oxygens (including phenoxy) is 1. The Morgan fingerprint density at radius 2 is 1.93 bits per heavy atom. The van der Waals surface area contributed by atoms with E-state index in [0.29, 0.717) is 29.0 Å². The predicted molar refractivity (Wildman–Crippen MR) is 111 cm³/mol. The molecule has 1 amide bonds. The molecule has 0 spiro atoms. The number of carbonyl (C=O) groups excluding carboxylic acids is 1. The van der Waals surface area contributed by atoms with Gasteiger partial charge in [-0.3, -0.25) is 4.79 Å². The Kier molecular flexibility index (Phi) is 6.65. The van der Waals surface area contributed by atoms with Gasteiger partial charge in [0.1, 0.15) is 11.4 Å². The van der Waals surface area contributed by atoms with Crippen molar-refractivity contribution >= 4 is 23.4 Å². The van der Waals surface area contributed by atoms with Crippen molar-refractivity contribution in [3.63, 3.8) is 0 Å². The van der Waals surface area contributed by atoms with Crippen molar-refractivity contribution in [2.75, 3.05) is 18.2 Å². The van der Waals surface area contributed by atoms with Gasteiger partial charge in [-0.2, -0.15) is 0 Å². The number of nitrogens with zero attached hydrogens (tertiary/aromatic N) is 4. The summed E-state index contributed by atoms with van der Waals surface area (Å²) in [6, 6.07) is 11.6. The van der Waals surface area contributed by atoms with Gasteiger partial charge >= 0.3 is 0 Å².